The van der Waals surface area contributed by atoms with Crippen LogP contribution >= 0.6 is 11.3 Å². The van der Waals surface area contributed by atoms with Crippen LogP contribution in [-0.2, 0) is 16.4 Å². The second kappa shape index (κ2) is 6.18. The monoisotopic (exact) mass is 353 g/mol. The average Bonchev–Trinajstić information content (AvgIpc) is 3.23. The van der Waals surface area contributed by atoms with Gasteiger partial charge in [0, 0.05) is 12.0 Å². The zero-order valence-corrected chi connectivity index (χ0v) is 14.5. The zero-order chi connectivity index (χ0) is 16.6. The number of aromatic amines is 1. The molecule has 0 bridgehead atoms. The van der Waals surface area contributed by atoms with Crippen LogP contribution in [0.2, 0.25) is 0 Å². The lowest BCUT2D eigenvalue weighted by Gasteiger charge is -2.00. The first kappa shape index (κ1) is 16.4. The molecule has 3 N–H and O–H groups in total. The van der Waals surface area contributed by atoms with E-state index in [1.807, 2.05) is 6.92 Å². The Morgan fingerprint density at radius 3 is 2.74 bits per heavy atom. The molecule has 0 unspecified atom stereocenters. The van der Waals surface area contributed by atoms with Crippen molar-refractivity contribution < 1.29 is 8.42 Å². The van der Waals surface area contributed by atoms with Crippen molar-refractivity contribution in [3.8, 4) is 10.7 Å². The summed E-state index contributed by atoms with van der Waals surface area (Å²) in [6, 6.07) is 3.31. The van der Waals surface area contributed by atoms with Gasteiger partial charge in [-0.1, -0.05) is 13.3 Å². The maximum Gasteiger partial charge on any atom is 0.251 e. The van der Waals surface area contributed by atoms with Gasteiger partial charge in [0.15, 0.2) is 5.82 Å². The lowest BCUT2D eigenvalue weighted by molar-refractivity contribution is 0.598. The van der Waals surface area contributed by atoms with E-state index in [-0.39, 0.29) is 9.77 Å². The quantitative estimate of drug-likeness (QED) is 0.831. The molecule has 0 atom stereocenters. The first-order valence-electron chi connectivity index (χ1n) is 7.65. The van der Waals surface area contributed by atoms with Gasteiger partial charge in [-0.2, -0.15) is 0 Å². The van der Waals surface area contributed by atoms with E-state index in [0.717, 1.165) is 42.7 Å². The zero-order valence-electron chi connectivity index (χ0n) is 12.8. The summed E-state index contributed by atoms with van der Waals surface area (Å²) in [5, 5.41) is 5.33. The molecule has 23 heavy (non-hydrogen) atoms. The topological polar surface area (TPSA) is 106 Å². The Kier molecular flexibility index (Phi) is 4.39. The number of nitrogens with two attached hydrogens (primary N) is 1. The molecule has 6 nitrogen and oxygen atoms in total. The summed E-state index contributed by atoms with van der Waals surface area (Å²) >= 11 is 1.07. The minimum Gasteiger partial charge on any atom is -0.306 e. The summed E-state index contributed by atoms with van der Waals surface area (Å²) < 4.78 is 23.8. The summed E-state index contributed by atoms with van der Waals surface area (Å²) in [5.74, 6) is 0.783. The Labute approximate surface area is 138 Å². The van der Waals surface area contributed by atoms with Gasteiger partial charge in [0.1, 0.15) is 4.21 Å². The number of nitrogens with one attached hydrogen (secondary N) is 1. The van der Waals surface area contributed by atoms with Crippen LogP contribution in [0, 0.1) is 0 Å². The molecule has 0 saturated heterocycles. The van der Waals surface area contributed by atoms with Crippen molar-refractivity contribution in [2.45, 2.75) is 49.2 Å². The number of sulfonamides is 1. The van der Waals surface area contributed by atoms with Crippen molar-refractivity contribution in [2.75, 3.05) is 0 Å². The number of primary sulfonamides is 1. The molecule has 1 fully saturated rings. The van der Waals surface area contributed by atoms with Gasteiger partial charge in [0.2, 0.25) is 10.0 Å². The van der Waals surface area contributed by atoms with E-state index in [1.54, 1.807) is 6.07 Å². The molecule has 0 radical (unpaired) electrons. The first-order chi connectivity index (χ1) is 10.9. The Hall–Kier alpha value is -1.51. The Balaban J connectivity index is 2.06. The molecular weight excluding hydrogens is 334 g/mol. The molecular formula is C15H19N3O3S2. The van der Waals surface area contributed by atoms with Gasteiger partial charge in [-0.25, -0.2) is 18.5 Å². The molecule has 8 heteroatoms. The summed E-state index contributed by atoms with van der Waals surface area (Å²) in [6.07, 6.45) is 4.58. The molecule has 0 spiro atoms. The highest BCUT2D eigenvalue weighted by Crippen LogP contribution is 2.39. The smallest absolute Gasteiger partial charge is 0.251 e. The number of hydrogen-bond donors (Lipinski definition) is 2. The van der Waals surface area contributed by atoms with Crippen LogP contribution in [0.1, 0.15) is 49.8 Å². The van der Waals surface area contributed by atoms with Gasteiger partial charge in [0.25, 0.3) is 5.56 Å². The van der Waals surface area contributed by atoms with E-state index in [4.69, 9.17) is 5.14 Å². The standard InChI is InChI=1S/C15H19N3O3S2/c1-2-3-4-10-7-12(22-15(10)23(16,20)21)14-17-11(9-5-6-9)8-13(19)18-14/h7-9H,2-6H2,1H3,(H2,16,20,21)(H,17,18,19). The normalized spacial score (nSPS) is 15.0. The molecule has 2 heterocycles. The van der Waals surface area contributed by atoms with Crippen LogP contribution in [0.4, 0.5) is 0 Å². The van der Waals surface area contributed by atoms with Crippen molar-refractivity contribution in [3.05, 3.63) is 33.7 Å². The van der Waals surface area contributed by atoms with E-state index in [1.165, 1.54) is 6.07 Å². The third-order valence-electron chi connectivity index (χ3n) is 3.82. The average molecular weight is 353 g/mol. The molecule has 3 rings (SSSR count). The minimum absolute atomic E-state index is 0.167. The number of nitrogens with zero attached hydrogens (tertiary/aromatic N) is 1. The van der Waals surface area contributed by atoms with Gasteiger partial charge in [-0.15, -0.1) is 11.3 Å². The predicted molar refractivity (Wildman–Crippen MR) is 90.1 cm³/mol. The number of aromatic nitrogens is 2. The van der Waals surface area contributed by atoms with E-state index in [0.29, 0.717) is 28.6 Å². The van der Waals surface area contributed by atoms with Crippen LogP contribution in [-0.4, -0.2) is 18.4 Å². The summed E-state index contributed by atoms with van der Waals surface area (Å²) in [4.78, 5) is 19.7. The highest BCUT2D eigenvalue weighted by molar-refractivity contribution is 7.91. The largest absolute Gasteiger partial charge is 0.306 e. The number of hydrogen-bond acceptors (Lipinski definition) is 5. The van der Waals surface area contributed by atoms with Crippen molar-refractivity contribution >= 4 is 21.4 Å². The van der Waals surface area contributed by atoms with Crippen LogP contribution in [0.15, 0.2) is 21.1 Å². The van der Waals surface area contributed by atoms with E-state index in [2.05, 4.69) is 9.97 Å². The second-order valence-electron chi connectivity index (χ2n) is 5.87. The fourth-order valence-electron chi connectivity index (χ4n) is 2.49. The number of rotatable bonds is 6. The number of thiophene rings is 1. The van der Waals surface area contributed by atoms with Crippen LogP contribution in [0.3, 0.4) is 0 Å². The Morgan fingerprint density at radius 2 is 2.13 bits per heavy atom. The molecule has 1 aliphatic rings. The number of unbranched alkanes of at least 4 members (excludes halogenated alkanes) is 1. The van der Waals surface area contributed by atoms with Gasteiger partial charge in [-0.05, 0) is 37.3 Å². The third-order valence-corrected chi connectivity index (χ3v) is 6.52. The molecule has 124 valence electrons. The van der Waals surface area contributed by atoms with Gasteiger partial charge in [0.05, 0.1) is 10.6 Å². The van der Waals surface area contributed by atoms with Crippen molar-refractivity contribution in [2.24, 2.45) is 5.14 Å². The summed E-state index contributed by atoms with van der Waals surface area (Å²) in [5.41, 5.74) is 1.27. The van der Waals surface area contributed by atoms with E-state index < -0.39 is 10.0 Å². The Morgan fingerprint density at radius 1 is 1.39 bits per heavy atom. The van der Waals surface area contributed by atoms with Crippen LogP contribution in [0.5, 0.6) is 0 Å². The molecule has 0 aliphatic heterocycles. The third kappa shape index (κ3) is 3.70. The van der Waals surface area contributed by atoms with Crippen molar-refractivity contribution in [1.29, 1.82) is 0 Å². The van der Waals surface area contributed by atoms with Gasteiger partial charge >= 0.3 is 0 Å². The Bertz CT molecular complexity index is 880. The molecule has 2 aromatic rings. The highest BCUT2D eigenvalue weighted by Gasteiger charge is 2.27. The lowest BCUT2D eigenvalue weighted by Crippen LogP contribution is -2.12. The maximum atomic E-state index is 11.8. The number of H-pyrrole nitrogens is 1. The van der Waals surface area contributed by atoms with E-state index in [9.17, 15) is 13.2 Å². The SMILES string of the molecule is CCCCc1cc(-c2nc(C3CC3)cc(=O)[nH]2)sc1S(N)(=O)=O. The van der Waals surface area contributed by atoms with Crippen LogP contribution < -0.4 is 10.7 Å². The molecule has 1 aliphatic carbocycles. The summed E-state index contributed by atoms with van der Waals surface area (Å²) in [7, 11) is -3.78. The van der Waals surface area contributed by atoms with E-state index >= 15 is 0 Å². The lowest BCUT2D eigenvalue weighted by atomic mass is 10.1. The highest BCUT2D eigenvalue weighted by atomic mass is 32.2. The molecule has 2 aromatic heterocycles. The van der Waals surface area contributed by atoms with Gasteiger partial charge < -0.3 is 4.98 Å². The fraction of sp³-hybridized carbons (Fsp3) is 0.467. The maximum absolute atomic E-state index is 11.8. The van der Waals surface area contributed by atoms with Gasteiger partial charge in [-0.3, -0.25) is 4.79 Å². The minimum atomic E-state index is -3.78. The van der Waals surface area contributed by atoms with Crippen LogP contribution in [0.25, 0.3) is 10.7 Å². The number of aryl methyl sites for hydroxylation is 1. The second-order valence-corrected chi connectivity index (χ2v) is 8.67. The van der Waals surface area contributed by atoms with Crippen molar-refractivity contribution in [3.63, 3.8) is 0 Å². The molecule has 1 saturated carbocycles. The summed E-state index contributed by atoms with van der Waals surface area (Å²) in [6.45, 7) is 2.04. The van der Waals surface area contributed by atoms with Crippen molar-refractivity contribution in [1.82, 2.24) is 9.97 Å². The molecule has 0 amide bonds. The fourth-order valence-corrected chi connectivity index (χ4v) is 4.64. The first-order valence-corrected chi connectivity index (χ1v) is 10.0. The predicted octanol–water partition coefficient (Wildman–Crippen LogP) is 2.37. The molecule has 0 aromatic carbocycles.